The first-order chi connectivity index (χ1) is 9.83. The molecule has 0 saturated carbocycles. The Morgan fingerprint density at radius 1 is 1.00 bits per heavy atom. The molecule has 0 heterocycles. The van der Waals surface area contributed by atoms with Gasteiger partial charge >= 0.3 is 0 Å². The highest BCUT2D eigenvalue weighted by molar-refractivity contribution is 7.92. The van der Waals surface area contributed by atoms with E-state index >= 15 is 0 Å². The first kappa shape index (κ1) is 14.9. The molecule has 0 aromatic heterocycles. The van der Waals surface area contributed by atoms with Crippen LogP contribution in [0.25, 0.3) is 0 Å². The summed E-state index contributed by atoms with van der Waals surface area (Å²) in [5.41, 5.74) is -0.480. The molecule has 0 spiro atoms. The number of rotatable bonds is 3. The van der Waals surface area contributed by atoms with E-state index in [0.29, 0.717) is 6.07 Å². The molecule has 2 aromatic rings. The van der Waals surface area contributed by atoms with Crippen LogP contribution in [-0.4, -0.2) is 8.42 Å². The van der Waals surface area contributed by atoms with Crippen molar-refractivity contribution in [3.8, 4) is 6.07 Å². The van der Waals surface area contributed by atoms with Crippen LogP contribution >= 0.6 is 0 Å². The van der Waals surface area contributed by atoms with Crippen LogP contribution < -0.4 is 4.72 Å². The van der Waals surface area contributed by atoms with Crippen molar-refractivity contribution < 1.29 is 21.6 Å². The molecule has 0 aliphatic rings. The van der Waals surface area contributed by atoms with Gasteiger partial charge in [0.25, 0.3) is 10.0 Å². The molecule has 2 rings (SSSR count). The highest BCUT2D eigenvalue weighted by atomic mass is 32.2. The Morgan fingerprint density at radius 2 is 1.71 bits per heavy atom. The molecular formula is C13H7F3N2O2S. The third kappa shape index (κ3) is 3.14. The van der Waals surface area contributed by atoms with E-state index in [2.05, 4.69) is 0 Å². The van der Waals surface area contributed by atoms with Gasteiger partial charge in [-0.3, -0.25) is 4.72 Å². The van der Waals surface area contributed by atoms with Crippen LogP contribution in [0.1, 0.15) is 5.56 Å². The lowest BCUT2D eigenvalue weighted by Gasteiger charge is -2.09. The number of sulfonamides is 1. The fourth-order valence-corrected chi connectivity index (χ4v) is 2.69. The van der Waals surface area contributed by atoms with Crippen LogP contribution in [0.2, 0.25) is 0 Å². The Hall–Kier alpha value is -2.53. The van der Waals surface area contributed by atoms with Gasteiger partial charge in [0.1, 0.15) is 28.4 Å². The minimum absolute atomic E-state index is 0.114. The van der Waals surface area contributed by atoms with Crippen molar-refractivity contribution in [2.45, 2.75) is 4.90 Å². The zero-order chi connectivity index (χ0) is 15.6. The number of hydrogen-bond acceptors (Lipinski definition) is 3. The zero-order valence-electron chi connectivity index (χ0n) is 10.3. The van der Waals surface area contributed by atoms with Crippen molar-refractivity contribution >= 4 is 15.7 Å². The maximum Gasteiger partial charge on any atom is 0.264 e. The number of anilines is 1. The lowest BCUT2D eigenvalue weighted by Crippen LogP contribution is -2.15. The van der Waals surface area contributed by atoms with Crippen LogP contribution in [-0.2, 0) is 10.0 Å². The molecule has 0 bridgehead atoms. The van der Waals surface area contributed by atoms with Crippen LogP contribution in [0.5, 0.6) is 0 Å². The SMILES string of the molecule is N#Cc1cc(NS(=O)(=O)c2ccc(F)cc2F)ccc1F. The lowest BCUT2D eigenvalue weighted by atomic mass is 10.2. The van der Waals surface area contributed by atoms with E-state index in [0.717, 1.165) is 30.3 Å². The van der Waals surface area contributed by atoms with Gasteiger partial charge in [-0.2, -0.15) is 5.26 Å². The van der Waals surface area contributed by atoms with Crippen LogP contribution in [0, 0.1) is 28.8 Å². The van der Waals surface area contributed by atoms with Gasteiger partial charge in [0.15, 0.2) is 0 Å². The Morgan fingerprint density at radius 3 is 2.33 bits per heavy atom. The van der Waals surface area contributed by atoms with Gasteiger partial charge in [0.05, 0.1) is 11.3 Å². The summed E-state index contributed by atoms with van der Waals surface area (Å²) in [6, 6.07) is 6.48. The average Bonchev–Trinajstić information content (AvgIpc) is 2.40. The lowest BCUT2D eigenvalue weighted by molar-refractivity contribution is 0.551. The summed E-state index contributed by atoms with van der Waals surface area (Å²) in [6.07, 6.45) is 0. The number of halogens is 3. The second-order valence-electron chi connectivity index (χ2n) is 3.99. The molecule has 4 nitrogen and oxygen atoms in total. The highest BCUT2D eigenvalue weighted by Crippen LogP contribution is 2.21. The second kappa shape index (κ2) is 5.46. The van der Waals surface area contributed by atoms with Crippen LogP contribution in [0.4, 0.5) is 18.9 Å². The van der Waals surface area contributed by atoms with Crippen molar-refractivity contribution in [3.63, 3.8) is 0 Å². The third-order valence-electron chi connectivity index (χ3n) is 2.52. The van der Waals surface area contributed by atoms with Gasteiger partial charge in [-0.25, -0.2) is 21.6 Å². The summed E-state index contributed by atoms with van der Waals surface area (Å²) in [5.74, 6) is -2.99. The van der Waals surface area contributed by atoms with Crippen molar-refractivity contribution in [2.75, 3.05) is 4.72 Å². The van der Waals surface area contributed by atoms with Gasteiger partial charge in [0.2, 0.25) is 0 Å². The minimum atomic E-state index is -4.32. The summed E-state index contributed by atoms with van der Waals surface area (Å²) in [4.78, 5) is -0.758. The number of nitrogens with one attached hydrogen (secondary N) is 1. The first-order valence-corrected chi connectivity index (χ1v) is 6.99. The predicted octanol–water partition coefficient (Wildman–Crippen LogP) is 2.78. The summed E-state index contributed by atoms with van der Waals surface area (Å²) in [7, 11) is -4.32. The van der Waals surface area contributed by atoms with E-state index < -0.39 is 32.4 Å². The molecule has 2 aromatic carbocycles. The minimum Gasteiger partial charge on any atom is -0.279 e. The van der Waals surface area contributed by atoms with Crippen LogP contribution in [0.3, 0.4) is 0 Å². The van der Waals surface area contributed by atoms with E-state index in [4.69, 9.17) is 5.26 Å². The number of nitriles is 1. The van der Waals surface area contributed by atoms with Crippen molar-refractivity contribution in [1.29, 1.82) is 5.26 Å². The summed E-state index contributed by atoms with van der Waals surface area (Å²) in [6.45, 7) is 0. The molecule has 0 saturated heterocycles. The Kier molecular flexibility index (Phi) is 3.86. The van der Waals surface area contributed by atoms with Crippen molar-refractivity contribution in [1.82, 2.24) is 0 Å². The molecule has 0 atom stereocenters. The van der Waals surface area contributed by atoms with Crippen molar-refractivity contribution in [2.24, 2.45) is 0 Å². The van der Waals surface area contributed by atoms with Gasteiger partial charge in [0, 0.05) is 6.07 Å². The van der Waals surface area contributed by atoms with Crippen molar-refractivity contribution in [3.05, 3.63) is 59.4 Å². The Labute approximate surface area is 118 Å². The molecule has 21 heavy (non-hydrogen) atoms. The molecule has 0 unspecified atom stereocenters. The van der Waals surface area contributed by atoms with E-state index in [1.165, 1.54) is 0 Å². The van der Waals surface area contributed by atoms with Gasteiger partial charge in [-0.1, -0.05) is 0 Å². The Bertz CT molecular complexity index is 845. The van der Waals surface area contributed by atoms with Gasteiger partial charge in [-0.15, -0.1) is 0 Å². The Balaban J connectivity index is 2.40. The molecule has 0 fully saturated rings. The maximum absolute atomic E-state index is 13.5. The van der Waals surface area contributed by atoms with E-state index in [1.54, 1.807) is 6.07 Å². The molecule has 108 valence electrons. The fraction of sp³-hybridized carbons (Fsp3) is 0. The molecule has 0 aliphatic carbocycles. The third-order valence-corrected chi connectivity index (χ3v) is 3.94. The van der Waals surface area contributed by atoms with E-state index in [1.807, 2.05) is 4.72 Å². The van der Waals surface area contributed by atoms with E-state index in [9.17, 15) is 21.6 Å². The zero-order valence-corrected chi connectivity index (χ0v) is 11.1. The number of hydrogen-bond donors (Lipinski definition) is 1. The maximum atomic E-state index is 13.5. The summed E-state index contributed by atoms with van der Waals surface area (Å²) in [5, 5.41) is 8.66. The number of nitrogens with zero attached hydrogens (tertiary/aromatic N) is 1. The molecule has 8 heteroatoms. The second-order valence-corrected chi connectivity index (χ2v) is 5.64. The highest BCUT2D eigenvalue weighted by Gasteiger charge is 2.20. The average molecular weight is 312 g/mol. The molecule has 0 aliphatic heterocycles. The van der Waals surface area contributed by atoms with Gasteiger partial charge < -0.3 is 0 Å². The smallest absolute Gasteiger partial charge is 0.264 e. The quantitative estimate of drug-likeness (QED) is 0.947. The topological polar surface area (TPSA) is 70.0 Å². The standard InChI is InChI=1S/C13H7F3N2O2S/c14-9-1-4-13(12(16)6-9)21(19,20)18-10-2-3-11(15)8(5-10)7-17/h1-6,18H. The molecule has 0 amide bonds. The molecular weight excluding hydrogens is 305 g/mol. The number of benzene rings is 2. The monoisotopic (exact) mass is 312 g/mol. The molecule has 1 N–H and O–H groups in total. The molecule has 0 radical (unpaired) electrons. The normalized spacial score (nSPS) is 11.0. The van der Waals surface area contributed by atoms with Gasteiger partial charge in [-0.05, 0) is 30.3 Å². The predicted molar refractivity (Wildman–Crippen MR) is 68.3 cm³/mol. The van der Waals surface area contributed by atoms with E-state index in [-0.39, 0.29) is 11.3 Å². The first-order valence-electron chi connectivity index (χ1n) is 5.51. The largest absolute Gasteiger partial charge is 0.279 e. The summed E-state index contributed by atoms with van der Waals surface area (Å²) < 4.78 is 65.3. The summed E-state index contributed by atoms with van der Waals surface area (Å²) >= 11 is 0. The van der Waals surface area contributed by atoms with Crippen LogP contribution in [0.15, 0.2) is 41.3 Å². The fourth-order valence-electron chi connectivity index (χ4n) is 1.58.